The topological polar surface area (TPSA) is 67.9 Å². The smallest absolute Gasteiger partial charge is 0.246 e. The van der Waals surface area contributed by atoms with Crippen LogP contribution in [0.1, 0.15) is 30.5 Å². The van der Waals surface area contributed by atoms with E-state index >= 15 is 0 Å². The van der Waals surface area contributed by atoms with Gasteiger partial charge in [-0.05, 0) is 37.1 Å². The zero-order valence-electron chi connectivity index (χ0n) is 19.2. The highest BCUT2D eigenvalue weighted by atomic mass is 79.9. The van der Waals surface area contributed by atoms with Crippen molar-refractivity contribution in [2.45, 2.75) is 33.5 Å². The molecule has 0 bridgehead atoms. The summed E-state index contributed by atoms with van der Waals surface area (Å²) < 4.78 is 38.2. The number of benzene rings is 2. The molecule has 2 amide bonds. The lowest BCUT2D eigenvalue weighted by Crippen LogP contribution is -2.26. The predicted molar refractivity (Wildman–Crippen MR) is 128 cm³/mol. The molecule has 0 aliphatic heterocycles. The van der Waals surface area contributed by atoms with Gasteiger partial charge in [-0.15, -0.1) is 0 Å². The molecule has 34 heavy (non-hydrogen) atoms. The van der Waals surface area contributed by atoms with Crippen molar-refractivity contribution in [1.82, 2.24) is 10.2 Å². The first-order chi connectivity index (χ1) is 16.2. The van der Waals surface area contributed by atoms with Gasteiger partial charge in [-0.1, -0.05) is 40.2 Å². The molecule has 2 aromatic rings. The van der Waals surface area contributed by atoms with E-state index in [4.69, 9.17) is 9.47 Å². The van der Waals surface area contributed by atoms with Gasteiger partial charge in [0.1, 0.15) is 30.6 Å². The number of amides is 2. The van der Waals surface area contributed by atoms with Gasteiger partial charge < -0.3 is 19.7 Å². The monoisotopic (exact) mass is 536 g/mol. The average Bonchev–Trinajstić information content (AvgIpc) is 2.80. The largest absolute Gasteiger partial charge is 0.488 e. The summed E-state index contributed by atoms with van der Waals surface area (Å²) in [6.45, 7) is 4.03. The molecule has 0 aliphatic carbocycles. The van der Waals surface area contributed by atoms with Crippen LogP contribution in [0.3, 0.4) is 0 Å². The fourth-order valence-corrected chi connectivity index (χ4v) is 3.20. The second kappa shape index (κ2) is 13.6. The fraction of sp³-hybridized carbons (Fsp3) is 0.280. The maximum absolute atomic E-state index is 13.9. The first-order valence-corrected chi connectivity index (χ1v) is 11.2. The van der Waals surface area contributed by atoms with Crippen LogP contribution in [-0.2, 0) is 38.8 Å². The average molecular weight is 537 g/mol. The Balaban J connectivity index is 2.08. The molecule has 0 radical (unpaired) electrons. The summed E-state index contributed by atoms with van der Waals surface area (Å²) >= 11 is 3.37. The highest BCUT2D eigenvalue weighted by Gasteiger charge is 2.11. The van der Waals surface area contributed by atoms with Crippen molar-refractivity contribution in [3.63, 3.8) is 0 Å². The highest BCUT2D eigenvalue weighted by Crippen LogP contribution is 2.21. The molecule has 0 atom stereocenters. The Kier molecular flexibility index (Phi) is 10.9. The standard InChI is InChI=1S/C25H27BrF2N2O4/c1-17(9-24(18(2)26)34-14-21-7-8-22(27)11-23(21)28)30(16-31)13-20-6-4-5-19(10-20)12-29-25(32)15-33-3/h4-11,16H,12-15H2,1-3H3,(H,29,32)/b17-9-,24-18-. The number of hydrogen-bond donors (Lipinski definition) is 1. The molecule has 0 heterocycles. The molecule has 6 nitrogen and oxygen atoms in total. The Morgan fingerprint density at radius 3 is 2.53 bits per heavy atom. The molecule has 2 rings (SSSR count). The van der Waals surface area contributed by atoms with E-state index in [1.165, 1.54) is 24.1 Å². The number of halogens is 3. The zero-order chi connectivity index (χ0) is 25.1. The summed E-state index contributed by atoms with van der Waals surface area (Å²) in [6, 6.07) is 10.8. The molecule has 9 heteroatoms. The van der Waals surface area contributed by atoms with Gasteiger partial charge in [0.25, 0.3) is 0 Å². The summed E-state index contributed by atoms with van der Waals surface area (Å²) in [4.78, 5) is 24.9. The van der Waals surface area contributed by atoms with Gasteiger partial charge in [0.2, 0.25) is 12.3 Å². The van der Waals surface area contributed by atoms with Crippen LogP contribution in [0.4, 0.5) is 8.78 Å². The molecular weight excluding hydrogens is 510 g/mol. The first-order valence-electron chi connectivity index (χ1n) is 10.4. The second-order valence-electron chi connectivity index (χ2n) is 7.47. The fourth-order valence-electron chi connectivity index (χ4n) is 2.97. The van der Waals surface area contributed by atoms with Crippen molar-refractivity contribution < 1.29 is 27.8 Å². The molecule has 0 saturated heterocycles. The molecule has 0 saturated carbocycles. The minimum atomic E-state index is -0.694. The Morgan fingerprint density at radius 1 is 1.15 bits per heavy atom. The van der Waals surface area contributed by atoms with E-state index in [9.17, 15) is 18.4 Å². The van der Waals surface area contributed by atoms with E-state index in [0.29, 0.717) is 35.4 Å². The summed E-state index contributed by atoms with van der Waals surface area (Å²) in [6.07, 6.45) is 2.37. The van der Waals surface area contributed by atoms with E-state index in [1.807, 2.05) is 24.3 Å². The van der Waals surface area contributed by atoms with E-state index < -0.39 is 11.6 Å². The third-order valence-electron chi connectivity index (χ3n) is 4.77. The molecule has 0 unspecified atom stereocenters. The summed E-state index contributed by atoms with van der Waals surface area (Å²) in [5.74, 6) is -1.17. The minimum Gasteiger partial charge on any atom is -0.488 e. The number of carbonyl (C=O) groups is 2. The van der Waals surface area contributed by atoms with Crippen LogP contribution in [0.5, 0.6) is 0 Å². The van der Waals surface area contributed by atoms with Crippen LogP contribution in [-0.4, -0.2) is 30.9 Å². The lowest BCUT2D eigenvalue weighted by atomic mass is 10.1. The molecule has 1 N–H and O–H groups in total. The number of methoxy groups -OCH3 is 1. The number of allylic oxidation sites excluding steroid dienone is 3. The van der Waals surface area contributed by atoms with Crippen LogP contribution >= 0.6 is 15.9 Å². The zero-order valence-corrected chi connectivity index (χ0v) is 20.8. The van der Waals surface area contributed by atoms with Crippen molar-refractivity contribution in [3.8, 4) is 0 Å². The summed E-state index contributed by atoms with van der Waals surface area (Å²) in [7, 11) is 1.45. The molecule has 0 aliphatic rings. The maximum atomic E-state index is 13.9. The number of ether oxygens (including phenoxy) is 2. The van der Waals surface area contributed by atoms with E-state index in [2.05, 4.69) is 21.2 Å². The van der Waals surface area contributed by atoms with Crippen LogP contribution in [0, 0.1) is 11.6 Å². The second-order valence-corrected chi connectivity index (χ2v) is 8.66. The van der Waals surface area contributed by atoms with Crippen molar-refractivity contribution in [2.75, 3.05) is 13.7 Å². The minimum absolute atomic E-state index is 0.0126. The quantitative estimate of drug-likeness (QED) is 0.237. The molecule has 2 aromatic carbocycles. The Bertz CT molecular complexity index is 1070. The third kappa shape index (κ3) is 8.72. The molecule has 182 valence electrons. The van der Waals surface area contributed by atoms with E-state index in [-0.39, 0.29) is 24.7 Å². The summed E-state index contributed by atoms with van der Waals surface area (Å²) in [5.41, 5.74) is 2.56. The van der Waals surface area contributed by atoms with Gasteiger partial charge >= 0.3 is 0 Å². The van der Waals surface area contributed by atoms with Gasteiger partial charge in [0, 0.05) is 41.5 Å². The van der Waals surface area contributed by atoms with Crippen LogP contribution < -0.4 is 5.32 Å². The van der Waals surface area contributed by atoms with Gasteiger partial charge in [-0.2, -0.15) is 0 Å². The van der Waals surface area contributed by atoms with Crippen LogP contribution in [0.15, 0.2) is 64.5 Å². The number of carbonyl (C=O) groups excluding carboxylic acids is 2. The number of hydrogen-bond acceptors (Lipinski definition) is 4. The maximum Gasteiger partial charge on any atom is 0.246 e. The SMILES string of the molecule is COCC(=O)NCc1cccc(CN(C=O)/C(C)=C\C(OCc2ccc(F)cc2F)=C(/C)Br)c1. The lowest BCUT2D eigenvalue weighted by Gasteiger charge is -2.20. The van der Waals surface area contributed by atoms with Crippen LogP contribution in [0.2, 0.25) is 0 Å². The molecule has 0 aromatic heterocycles. The van der Waals surface area contributed by atoms with Gasteiger partial charge in [-0.3, -0.25) is 9.59 Å². The first kappa shape index (κ1) is 27.2. The number of nitrogens with zero attached hydrogens (tertiary/aromatic N) is 1. The number of nitrogens with one attached hydrogen (secondary N) is 1. The number of rotatable bonds is 12. The van der Waals surface area contributed by atoms with Crippen molar-refractivity contribution in [2.24, 2.45) is 0 Å². The third-order valence-corrected chi connectivity index (χ3v) is 5.16. The van der Waals surface area contributed by atoms with Gasteiger partial charge in [-0.25, -0.2) is 8.78 Å². The Hall–Kier alpha value is -3.04. The molecular formula is C25H27BrF2N2O4. The van der Waals surface area contributed by atoms with Gasteiger partial charge in [0.05, 0.1) is 6.54 Å². The Labute approximate surface area is 206 Å². The van der Waals surface area contributed by atoms with E-state index in [1.54, 1.807) is 19.9 Å². The predicted octanol–water partition coefficient (Wildman–Crippen LogP) is 4.93. The van der Waals surface area contributed by atoms with Crippen molar-refractivity contribution in [3.05, 3.63) is 92.8 Å². The Morgan fingerprint density at radius 2 is 1.88 bits per heavy atom. The lowest BCUT2D eigenvalue weighted by molar-refractivity contribution is -0.124. The normalized spacial score (nSPS) is 12.1. The van der Waals surface area contributed by atoms with Crippen molar-refractivity contribution in [1.29, 1.82) is 0 Å². The van der Waals surface area contributed by atoms with E-state index in [0.717, 1.165) is 17.2 Å². The van der Waals surface area contributed by atoms with Crippen molar-refractivity contribution >= 4 is 28.2 Å². The highest BCUT2D eigenvalue weighted by molar-refractivity contribution is 9.11. The van der Waals surface area contributed by atoms with Gasteiger partial charge in [0.15, 0.2) is 0 Å². The molecule has 0 spiro atoms. The van der Waals surface area contributed by atoms with Crippen LogP contribution in [0.25, 0.3) is 0 Å². The summed E-state index contributed by atoms with van der Waals surface area (Å²) in [5, 5.41) is 2.76. The molecule has 0 fully saturated rings.